The van der Waals surface area contributed by atoms with Gasteiger partial charge in [-0.05, 0) is 6.07 Å². The van der Waals surface area contributed by atoms with Gasteiger partial charge in [0.1, 0.15) is 11.5 Å². The lowest BCUT2D eigenvalue weighted by Gasteiger charge is -2.17. The number of carboxylic acid groups (broad SMARTS) is 1. The molecule has 1 aromatic carbocycles. The van der Waals surface area contributed by atoms with Crippen LogP contribution in [-0.4, -0.2) is 47.5 Å². The molecule has 3 N–H and O–H groups in total. The van der Waals surface area contributed by atoms with Gasteiger partial charge in [0, 0.05) is 7.11 Å². The van der Waals surface area contributed by atoms with E-state index in [-0.39, 0.29) is 12.3 Å². The number of methoxy groups -OCH3 is 1. The normalized spacial score (nSPS) is 11.9. The van der Waals surface area contributed by atoms with Crippen LogP contribution in [0.25, 0.3) is 0 Å². The van der Waals surface area contributed by atoms with Crippen LogP contribution in [0.1, 0.15) is 10.4 Å². The van der Waals surface area contributed by atoms with E-state index in [4.69, 9.17) is 14.9 Å². The van der Waals surface area contributed by atoms with Crippen LogP contribution in [-0.2, 0) is 4.74 Å². The maximum Gasteiger partial charge on any atom is 0.338 e. The van der Waals surface area contributed by atoms with E-state index in [1.165, 1.54) is 7.11 Å². The smallest absolute Gasteiger partial charge is 0.338 e. The van der Waals surface area contributed by atoms with E-state index in [2.05, 4.69) is 5.32 Å². The predicted octanol–water partition coefficient (Wildman–Crippen LogP) is 0.851. The van der Waals surface area contributed by atoms with Gasteiger partial charge in [-0.3, -0.25) is 10.1 Å². The number of aliphatic hydroxyl groups excluding tert-OH is 1. The maximum atomic E-state index is 13.4. The van der Waals surface area contributed by atoms with Gasteiger partial charge in [-0.15, -0.1) is 0 Å². The summed E-state index contributed by atoms with van der Waals surface area (Å²) < 4.78 is 18.2. The lowest BCUT2D eigenvalue weighted by molar-refractivity contribution is -0.384. The minimum atomic E-state index is -1.55. The molecule has 0 heterocycles. The van der Waals surface area contributed by atoms with Gasteiger partial charge < -0.3 is 20.3 Å². The van der Waals surface area contributed by atoms with Crippen LogP contribution in [0.5, 0.6) is 0 Å². The number of ether oxygens (including phenoxy) is 1. The summed E-state index contributed by atoms with van der Waals surface area (Å²) in [5.41, 5.74) is -1.53. The summed E-state index contributed by atoms with van der Waals surface area (Å²) in [4.78, 5) is 20.8. The second-order valence-electron chi connectivity index (χ2n) is 3.89. The minimum absolute atomic E-state index is 0.0352. The highest BCUT2D eigenvalue weighted by Crippen LogP contribution is 2.28. The number of hydrogen-bond donors (Lipinski definition) is 3. The number of nitrogens with zero attached hydrogens (tertiary/aromatic N) is 1. The predicted molar refractivity (Wildman–Crippen MR) is 66.4 cm³/mol. The summed E-state index contributed by atoms with van der Waals surface area (Å²) in [6, 6.07) is 0.645. The zero-order chi connectivity index (χ0) is 15.3. The molecule has 0 bridgehead atoms. The summed E-state index contributed by atoms with van der Waals surface area (Å²) in [5.74, 6) is -2.75. The highest BCUT2D eigenvalue weighted by Gasteiger charge is 2.23. The molecule has 0 aromatic heterocycles. The van der Waals surface area contributed by atoms with Gasteiger partial charge in [0.2, 0.25) is 0 Å². The van der Waals surface area contributed by atoms with Crippen molar-refractivity contribution >= 4 is 17.3 Å². The van der Waals surface area contributed by atoms with Crippen molar-refractivity contribution < 1.29 is 29.1 Å². The van der Waals surface area contributed by atoms with Crippen LogP contribution in [0.4, 0.5) is 15.8 Å². The summed E-state index contributed by atoms with van der Waals surface area (Å²) in [5, 5.41) is 31.3. The van der Waals surface area contributed by atoms with Crippen molar-refractivity contribution in [3.05, 3.63) is 33.6 Å². The molecule has 1 atom stereocenters. The number of benzene rings is 1. The Bertz CT molecular complexity index is 522. The lowest BCUT2D eigenvalue weighted by Crippen LogP contribution is -2.29. The SMILES string of the molecule is COCC(CO)Nc1cc(C(=O)O)c(F)cc1[N+](=O)[O-]. The zero-order valence-electron chi connectivity index (χ0n) is 10.5. The highest BCUT2D eigenvalue weighted by molar-refractivity contribution is 5.90. The van der Waals surface area contributed by atoms with E-state index in [1.807, 2.05) is 0 Å². The molecule has 0 aliphatic rings. The van der Waals surface area contributed by atoms with Gasteiger partial charge in [0.15, 0.2) is 0 Å². The van der Waals surface area contributed by atoms with Crippen molar-refractivity contribution in [3.63, 3.8) is 0 Å². The third kappa shape index (κ3) is 3.62. The number of hydrogen-bond acceptors (Lipinski definition) is 6. The Morgan fingerprint density at radius 2 is 2.25 bits per heavy atom. The third-order valence-corrected chi connectivity index (χ3v) is 2.46. The Hall–Kier alpha value is -2.26. The molecule has 0 saturated heterocycles. The molecule has 0 spiro atoms. The summed E-state index contributed by atoms with van der Waals surface area (Å²) in [6.45, 7) is -0.363. The first-order valence-corrected chi connectivity index (χ1v) is 5.48. The molecule has 0 aliphatic carbocycles. The van der Waals surface area contributed by atoms with Gasteiger partial charge in [0.25, 0.3) is 5.69 Å². The van der Waals surface area contributed by atoms with Crippen molar-refractivity contribution in [3.8, 4) is 0 Å². The molecule has 1 unspecified atom stereocenters. The standard InChI is InChI=1S/C11H13FN2O6/c1-20-5-6(4-15)13-9-2-7(11(16)17)8(12)3-10(9)14(18)19/h2-3,6,13,15H,4-5H2,1H3,(H,16,17). The molecular weight excluding hydrogens is 275 g/mol. The number of carbonyl (C=O) groups is 1. The molecule has 0 radical (unpaired) electrons. The first-order chi connectivity index (χ1) is 9.40. The Balaban J connectivity index is 3.23. The molecule has 9 heteroatoms. The molecule has 1 rings (SSSR count). The number of nitrogens with one attached hydrogen (secondary N) is 1. The molecular formula is C11H13FN2O6. The molecule has 20 heavy (non-hydrogen) atoms. The number of rotatable bonds is 7. The van der Waals surface area contributed by atoms with E-state index in [1.54, 1.807) is 0 Å². The van der Waals surface area contributed by atoms with Crippen molar-refractivity contribution in [1.82, 2.24) is 0 Å². The second-order valence-corrected chi connectivity index (χ2v) is 3.89. The molecule has 110 valence electrons. The number of nitro benzene ring substituents is 1. The monoisotopic (exact) mass is 288 g/mol. The Morgan fingerprint density at radius 1 is 1.60 bits per heavy atom. The topological polar surface area (TPSA) is 122 Å². The molecule has 0 fully saturated rings. The van der Waals surface area contributed by atoms with Crippen LogP contribution in [0.3, 0.4) is 0 Å². The van der Waals surface area contributed by atoms with Gasteiger partial charge in [0.05, 0.1) is 35.8 Å². The summed E-state index contributed by atoms with van der Waals surface area (Å²) >= 11 is 0. The lowest BCUT2D eigenvalue weighted by atomic mass is 10.1. The van der Waals surface area contributed by atoms with E-state index < -0.39 is 40.6 Å². The fraction of sp³-hybridized carbons (Fsp3) is 0.364. The van der Waals surface area contributed by atoms with Gasteiger partial charge in [-0.25, -0.2) is 9.18 Å². The first-order valence-electron chi connectivity index (χ1n) is 5.48. The molecule has 0 amide bonds. The van der Waals surface area contributed by atoms with Crippen molar-refractivity contribution in [2.75, 3.05) is 25.6 Å². The Labute approximate surface area is 112 Å². The summed E-state index contributed by atoms with van der Waals surface area (Å²) in [6.07, 6.45) is 0. The van der Waals surface area contributed by atoms with Gasteiger partial charge >= 0.3 is 5.97 Å². The number of aliphatic hydroxyl groups is 1. The fourth-order valence-electron chi connectivity index (χ4n) is 1.55. The average molecular weight is 288 g/mol. The van der Waals surface area contributed by atoms with E-state index in [0.717, 1.165) is 6.07 Å². The van der Waals surface area contributed by atoms with Crippen LogP contribution in [0.2, 0.25) is 0 Å². The largest absolute Gasteiger partial charge is 0.478 e. The highest BCUT2D eigenvalue weighted by atomic mass is 19.1. The number of anilines is 1. The second kappa shape index (κ2) is 6.78. The third-order valence-electron chi connectivity index (χ3n) is 2.46. The van der Waals surface area contributed by atoms with Crippen molar-refractivity contribution in [2.24, 2.45) is 0 Å². The maximum absolute atomic E-state index is 13.4. The number of aromatic carboxylic acids is 1. The van der Waals surface area contributed by atoms with E-state index >= 15 is 0 Å². The van der Waals surface area contributed by atoms with Crippen LogP contribution in [0.15, 0.2) is 12.1 Å². The van der Waals surface area contributed by atoms with Crippen LogP contribution < -0.4 is 5.32 Å². The fourth-order valence-corrected chi connectivity index (χ4v) is 1.55. The number of carboxylic acids is 1. The van der Waals surface area contributed by atoms with Gasteiger partial charge in [-0.2, -0.15) is 0 Å². The molecule has 0 aliphatic heterocycles. The minimum Gasteiger partial charge on any atom is -0.478 e. The molecule has 1 aromatic rings. The summed E-state index contributed by atoms with van der Waals surface area (Å²) in [7, 11) is 1.37. The van der Waals surface area contributed by atoms with Crippen LogP contribution in [0, 0.1) is 15.9 Å². The first kappa shape index (κ1) is 15.8. The molecule has 8 nitrogen and oxygen atoms in total. The average Bonchev–Trinajstić information content (AvgIpc) is 2.38. The van der Waals surface area contributed by atoms with E-state index in [0.29, 0.717) is 6.07 Å². The molecule has 0 saturated carbocycles. The number of halogens is 1. The van der Waals surface area contributed by atoms with Gasteiger partial charge in [-0.1, -0.05) is 0 Å². The Kier molecular flexibility index (Phi) is 5.35. The Morgan fingerprint density at radius 3 is 2.70 bits per heavy atom. The van der Waals surface area contributed by atoms with Crippen molar-refractivity contribution in [1.29, 1.82) is 0 Å². The number of nitro groups is 1. The van der Waals surface area contributed by atoms with Crippen molar-refractivity contribution in [2.45, 2.75) is 6.04 Å². The quantitative estimate of drug-likeness (QED) is 0.502. The van der Waals surface area contributed by atoms with Crippen LogP contribution >= 0.6 is 0 Å². The zero-order valence-corrected chi connectivity index (χ0v) is 10.5. The van der Waals surface area contributed by atoms with E-state index in [9.17, 15) is 19.3 Å².